The topological polar surface area (TPSA) is 134 Å². The molecule has 1 amide bonds. The molecule has 1 saturated heterocycles. The van der Waals surface area contributed by atoms with Crippen molar-refractivity contribution >= 4 is 50.3 Å². The second-order valence-corrected chi connectivity index (χ2v) is 17.1. The van der Waals surface area contributed by atoms with Crippen molar-refractivity contribution in [2.24, 2.45) is 5.92 Å². The van der Waals surface area contributed by atoms with Gasteiger partial charge in [-0.15, -0.1) is 0 Å². The van der Waals surface area contributed by atoms with Crippen LogP contribution in [-0.2, 0) is 22.5 Å². The van der Waals surface area contributed by atoms with Gasteiger partial charge in [-0.2, -0.15) is 0 Å². The van der Waals surface area contributed by atoms with Crippen LogP contribution in [0.25, 0.3) is 21.3 Å². The predicted molar refractivity (Wildman–Crippen MR) is 224 cm³/mol. The number of piperidine rings is 1. The summed E-state index contributed by atoms with van der Waals surface area (Å²) in [7, 11) is 0. The van der Waals surface area contributed by atoms with Gasteiger partial charge < -0.3 is 19.5 Å². The van der Waals surface area contributed by atoms with Gasteiger partial charge in [0.1, 0.15) is 17.2 Å². The number of aromatic nitrogens is 2. The summed E-state index contributed by atoms with van der Waals surface area (Å²) in [5, 5.41) is 12.8. The van der Waals surface area contributed by atoms with Gasteiger partial charge in [-0.05, 0) is 137 Å². The molecular formula is C45H51N5O6S. The van der Waals surface area contributed by atoms with Gasteiger partial charge in [0.05, 0.1) is 23.4 Å². The number of carboxylic acid groups (broad SMARTS) is 1. The maximum Gasteiger partial charge on any atom is 0.358 e. The maximum atomic E-state index is 13.9. The Morgan fingerprint density at radius 1 is 0.947 bits per heavy atom. The molecule has 5 aromatic rings. The van der Waals surface area contributed by atoms with Crippen molar-refractivity contribution < 1.29 is 29.0 Å². The molecule has 0 aliphatic carbocycles. The molecule has 2 N–H and O–H groups in total. The third kappa shape index (κ3) is 9.80. The van der Waals surface area contributed by atoms with E-state index in [1.54, 1.807) is 0 Å². The minimum atomic E-state index is -0.765. The van der Waals surface area contributed by atoms with Gasteiger partial charge in [-0.25, -0.2) is 14.8 Å². The fourth-order valence-corrected chi connectivity index (χ4v) is 8.77. The standard InChI is InChI=1S/C45H51N5O6S/c1-29-32(15-10-18-37(29)55-25-8-7-12-30-13-11-23-49(26-30)28-40(51)52)33-20-21-39(47-41(33)43(54)56-45(2,3)4)50-24-22-31-14-9-16-34(35(31)27-50)42(53)48-44-46-36-17-5-6-19-38(36)57-44/h5-6,9-10,14-21,30H,7-8,11-13,22-28H2,1-4H3,(H,51,52)(H,46,48,53)/t30-/m1/s1. The van der Waals surface area contributed by atoms with Crippen LogP contribution < -0.4 is 15.0 Å². The third-order valence-electron chi connectivity index (χ3n) is 10.6. The molecule has 0 bridgehead atoms. The number of ether oxygens (including phenoxy) is 2. The van der Waals surface area contributed by atoms with Crippen LogP contribution in [0.5, 0.6) is 5.75 Å². The Labute approximate surface area is 338 Å². The zero-order valence-electron chi connectivity index (χ0n) is 33.2. The molecule has 3 aromatic carbocycles. The predicted octanol–water partition coefficient (Wildman–Crippen LogP) is 8.78. The number of pyridine rings is 1. The quantitative estimate of drug-likeness (QED) is 0.0881. The average Bonchev–Trinajstić information content (AvgIpc) is 3.59. The highest BCUT2D eigenvalue weighted by molar-refractivity contribution is 7.22. The van der Waals surface area contributed by atoms with E-state index >= 15 is 0 Å². The number of fused-ring (bicyclic) bond motifs is 2. The van der Waals surface area contributed by atoms with Crippen LogP contribution in [0, 0.1) is 12.8 Å². The van der Waals surface area contributed by atoms with Crippen LogP contribution in [0.4, 0.5) is 10.9 Å². The van der Waals surface area contributed by atoms with E-state index in [1.807, 2.05) is 99.3 Å². The second kappa shape index (κ2) is 17.4. The van der Waals surface area contributed by atoms with Crippen LogP contribution >= 0.6 is 11.3 Å². The number of nitrogens with zero attached hydrogens (tertiary/aromatic N) is 4. The summed E-state index contributed by atoms with van der Waals surface area (Å²) < 4.78 is 13.2. The Bertz CT molecular complexity index is 2230. The molecule has 57 heavy (non-hydrogen) atoms. The van der Waals surface area contributed by atoms with Gasteiger partial charge in [0, 0.05) is 30.8 Å². The molecule has 2 aliphatic rings. The number of benzene rings is 3. The molecule has 0 saturated carbocycles. The Morgan fingerprint density at radius 3 is 2.58 bits per heavy atom. The van der Waals surface area contributed by atoms with Gasteiger partial charge >= 0.3 is 11.9 Å². The number of hydrogen-bond acceptors (Lipinski definition) is 10. The lowest BCUT2D eigenvalue weighted by Crippen LogP contribution is -2.38. The first-order valence-corrected chi connectivity index (χ1v) is 20.7. The van der Waals surface area contributed by atoms with E-state index < -0.39 is 17.5 Å². The highest BCUT2D eigenvalue weighted by atomic mass is 32.1. The van der Waals surface area contributed by atoms with E-state index in [1.165, 1.54) is 11.3 Å². The Morgan fingerprint density at radius 2 is 1.77 bits per heavy atom. The SMILES string of the molecule is Cc1c(OCCCC[C@@H]2CCCN(CC(=O)O)C2)cccc1-c1ccc(N2CCc3cccc(C(=O)Nc4nc5ccccc5s4)c3C2)nc1C(=O)OC(C)(C)C. The molecule has 11 nitrogen and oxygen atoms in total. The summed E-state index contributed by atoms with van der Waals surface area (Å²) >= 11 is 1.45. The molecule has 298 valence electrons. The van der Waals surface area contributed by atoms with E-state index in [2.05, 4.69) is 21.3 Å². The van der Waals surface area contributed by atoms with Crippen molar-refractivity contribution in [1.29, 1.82) is 0 Å². The van der Waals surface area contributed by atoms with Gasteiger partial charge in [-0.1, -0.05) is 47.7 Å². The van der Waals surface area contributed by atoms with Gasteiger partial charge in [0.2, 0.25) is 0 Å². The molecule has 0 spiro atoms. The molecular weight excluding hydrogens is 739 g/mol. The molecule has 2 aromatic heterocycles. The number of unbranched alkanes of at least 4 members (excludes halogenated alkanes) is 1. The molecule has 2 aliphatic heterocycles. The number of carboxylic acids is 1. The number of anilines is 2. The zero-order valence-corrected chi connectivity index (χ0v) is 34.0. The molecule has 1 fully saturated rings. The van der Waals surface area contributed by atoms with E-state index in [4.69, 9.17) is 14.5 Å². The van der Waals surface area contributed by atoms with Crippen molar-refractivity contribution in [1.82, 2.24) is 14.9 Å². The lowest BCUT2D eigenvalue weighted by molar-refractivity contribution is -0.138. The van der Waals surface area contributed by atoms with Crippen molar-refractivity contribution in [3.05, 3.63) is 101 Å². The van der Waals surface area contributed by atoms with Gasteiger partial charge in [-0.3, -0.25) is 19.8 Å². The molecule has 1 atom stereocenters. The number of rotatable bonds is 13. The number of nitrogens with one attached hydrogen (secondary N) is 1. The maximum absolute atomic E-state index is 13.9. The molecule has 12 heteroatoms. The highest BCUT2D eigenvalue weighted by Crippen LogP contribution is 2.35. The van der Waals surface area contributed by atoms with Crippen LogP contribution in [-0.4, -0.2) is 76.2 Å². The smallest absolute Gasteiger partial charge is 0.358 e. The lowest BCUT2D eigenvalue weighted by atomic mass is 9.93. The number of aliphatic carboxylic acids is 1. The van der Waals surface area contributed by atoms with Crippen LogP contribution in [0.2, 0.25) is 0 Å². The van der Waals surface area contributed by atoms with Crippen molar-refractivity contribution in [3.8, 4) is 16.9 Å². The summed E-state index contributed by atoms with van der Waals surface area (Å²) in [6, 6.07) is 23.4. The van der Waals surface area contributed by atoms with Gasteiger partial charge in [0.25, 0.3) is 5.91 Å². The highest BCUT2D eigenvalue weighted by Gasteiger charge is 2.28. The summed E-state index contributed by atoms with van der Waals surface area (Å²) in [5.74, 6) is 0.404. The fourth-order valence-electron chi connectivity index (χ4n) is 7.91. The molecule has 0 radical (unpaired) electrons. The average molecular weight is 790 g/mol. The summed E-state index contributed by atoms with van der Waals surface area (Å²) in [6.07, 6.45) is 5.85. The minimum absolute atomic E-state index is 0.115. The molecule has 7 rings (SSSR count). The summed E-state index contributed by atoms with van der Waals surface area (Å²) in [4.78, 5) is 52.5. The Hall–Kier alpha value is -5.33. The number of carbonyl (C=O) groups excluding carboxylic acids is 2. The summed E-state index contributed by atoms with van der Waals surface area (Å²) in [6.45, 7) is 11.0. The number of para-hydroxylation sites is 1. The van der Waals surface area contributed by atoms with E-state index in [9.17, 15) is 19.5 Å². The first kappa shape index (κ1) is 39.9. The van der Waals surface area contributed by atoms with Crippen molar-refractivity contribution in [2.75, 3.05) is 43.0 Å². The first-order valence-electron chi connectivity index (χ1n) is 19.9. The van der Waals surface area contributed by atoms with Crippen LogP contribution in [0.3, 0.4) is 0 Å². The van der Waals surface area contributed by atoms with Gasteiger partial charge in [0.15, 0.2) is 10.8 Å². The van der Waals surface area contributed by atoms with Crippen molar-refractivity contribution in [2.45, 2.75) is 78.4 Å². The van der Waals surface area contributed by atoms with Crippen molar-refractivity contribution in [3.63, 3.8) is 0 Å². The van der Waals surface area contributed by atoms with E-state index in [0.717, 1.165) is 83.4 Å². The Balaban J connectivity index is 1.07. The summed E-state index contributed by atoms with van der Waals surface area (Å²) in [5.41, 5.74) is 5.36. The third-order valence-corrected chi connectivity index (χ3v) is 11.6. The second-order valence-electron chi connectivity index (χ2n) is 16.0. The normalized spacial score (nSPS) is 15.9. The molecule has 0 unspecified atom stereocenters. The number of esters is 1. The van der Waals surface area contributed by atoms with E-state index in [-0.39, 0.29) is 18.1 Å². The number of thiazole rings is 1. The lowest BCUT2D eigenvalue weighted by Gasteiger charge is -2.31. The van der Waals surface area contributed by atoms with Crippen LogP contribution in [0.1, 0.15) is 90.4 Å². The number of amides is 1. The zero-order chi connectivity index (χ0) is 40.1. The van der Waals surface area contributed by atoms with E-state index in [0.29, 0.717) is 54.1 Å². The van der Waals surface area contributed by atoms with Crippen LogP contribution in [0.15, 0.2) is 72.8 Å². The largest absolute Gasteiger partial charge is 0.493 e. The minimum Gasteiger partial charge on any atom is -0.493 e. The molecule has 4 heterocycles. The number of hydrogen-bond donors (Lipinski definition) is 2. The first-order chi connectivity index (χ1) is 27.4. The fraction of sp³-hybridized carbons (Fsp3) is 0.400. The Kier molecular flexibility index (Phi) is 12.2. The monoisotopic (exact) mass is 789 g/mol. The number of likely N-dealkylation sites (tertiary alicyclic amines) is 1. The number of carbonyl (C=O) groups is 3.